The normalized spacial score (nSPS) is 27.7. The van der Waals surface area contributed by atoms with Crippen molar-refractivity contribution in [2.45, 2.75) is 63.8 Å². The van der Waals surface area contributed by atoms with Gasteiger partial charge < -0.3 is 20.6 Å². The van der Waals surface area contributed by atoms with Crippen molar-refractivity contribution < 1.29 is 23.8 Å². The Bertz CT molecular complexity index is 869. The average Bonchev–Trinajstić information content (AvgIpc) is 3.01. The predicted molar refractivity (Wildman–Crippen MR) is 114 cm³/mol. The summed E-state index contributed by atoms with van der Waals surface area (Å²) in [5, 5.41) is 22.3. The van der Waals surface area contributed by atoms with Gasteiger partial charge in [0.25, 0.3) is 5.91 Å². The molecule has 2 fully saturated rings. The molecule has 9 nitrogen and oxygen atoms in total. The van der Waals surface area contributed by atoms with Crippen LogP contribution in [0, 0.1) is 5.21 Å². The molecule has 3 aliphatic heterocycles. The van der Waals surface area contributed by atoms with Crippen molar-refractivity contribution in [3.05, 3.63) is 34.5 Å². The fraction of sp³-hybridized carbons (Fsp3) is 0.591. The van der Waals surface area contributed by atoms with E-state index in [0.29, 0.717) is 23.8 Å². The van der Waals surface area contributed by atoms with Gasteiger partial charge in [-0.05, 0) is 51.4 Å². The lowest BCUT2D eigenvalue weighted by Gasteiger charge is -2.42. The monoisotopic (exact) mass is 430 g/mol. The van der Waals surface area contributed by atoms with Crippen molar-refractivity contribution >= 4 is 23.4 Å². The first-order valence-electron chi connectivity index (χ1n) is 11.1. The molecule has 168 valence electrons. The van der Waals surface area contributed by atoms with E-state index >= 15 is 0 Å². The van der Waals surface area contributed by atoms with Crippen molar-refractivity contribution in [2.24, 2.45) is 0 Å². The first-order valence-corrected chi connectivity index (χ1v) is 11.1. The SMILES string of the molecule is C[C@@H](CCNc1cccc2c1C[N+]([O-])(C1CCC(=O)NC1=O)C2=O)OC1CCNCC1. The third kappa shape index (κ3) is 4.50. The summed E-state index contributed by atoms with van der Waals surface area (Å²) in [4.78, 5) is 36.6. The van der Waals surface area contributed by atoms with Gasteiger partial charge in [-0.15, -0.1) is 0 Å². The molecule has 3 N–H and O–H groups in total. The second-order valence-corrected chi connectivity index (χ2v) is 8.67. The van der Waals surface area contributed by atoms with Crippen LogP contribution in [0.25, 0.3) is 0 Å². The first kappa shape index (κ1) is 21.9. The number of fused-ring (bicyclic) bond motifs is 1. The van der Waals surface area contributed by atoms with Crippen LogP contribution in [0.3, 0.4) is 0 Å². The van der Waals surface area contributed by atoms with Gasteiger partial charge in [0.2, 0.25) is 5.91 Å². The molecule has 3 atom stereocenters. The molecule has 9 heteroatoms. The quantitative estimate of drug-likeness (QED) is 0.340. The lowest BCUT2D eigenvalue weighted by atomic mass is 10.0. The number of quaternary nitrogens is 1. The molecule has 1 aromatic rings. The second kappa shape index (κ2) is 9.04. The third-order valence-electron chi connectivity index (χ3n) is 6.43. The zero-order valence-electron chi connectivity index (χ0n) is 17.8. The molecule has 0 aliphatic carbocycles. The van der Waals surface area contributed by atoms with E-state index in [1.54, 1.807) is 12.1 Å². The number of carbonyl (C=O) groups excluding carboxylic acids is 3. The average molecular weight is 431 g/mol. The summed E-state index contributed by atoms with van der Waals surface area (Å²) in [5.41, 5.74) is 1.73. The molecule has 31 heavy (non-hydrogen) atoms. The van der Waals surface area contributed by atoms with Gasteiger partial charge in [-0.2, -0.15) is 0 Å². The number of ether oxygens (including phenoxy) is 1. The maximum absolute atomic E-state index is 13.5. The van der Waals surface area contributed by atoms with Crippen LogP contribution in [0.5, 0.6) is 0 Å². The Hall–Kier alpha value is -2.33. The highest BCUT2D eigenvalue weighted by Gasteiger charge is 2.50. The second-order valence-electron chi connectivity index (χ2n) is 8.67. The summed E-state index contributed by atoms with van der Waals surface area (Å²) in [6.45, 7) is 4.58. The molecule has 0 bridgehead atoms. The molecule has 2 unspecified atom stereocenters. The molecule has 2 saturated heterocycles. The number of nitrogens with one attached hydrogen (secondary N) is 3. The molecule has 0 radical (unpaired) electrons. The number of imide groups is 1. The summed E-state index contributed by atoms with van der Waals surface area (Å²) in [6, 6.07) is 4.14. The number of hydrogen-bond acceptors (Lipinski definition) is 7. The number of hydroxylamine groups is 3. The van der Waals surface area contributed by atoms with Crippen molar-refractivity contribution in [3.8, 4) is 0 Å². The van der Waals surface area contributed by atoms with Crippen LogP contribution in [0.15, 0.2) is 18.2 Å². The standard InChI is InChI=1S/C22H30N4O5/c1-14(31-15-8-10-23-11-9-15)7-12-24-18-4-2-3-16-17(18)13-26(30,22(16)29)19-5-6-20(27)25-21(19)28/h2-4,14-15,19,23-24H,5-13H2,1H3,(H,25,27,28)/t14-,19?,26?/m0/s1. The minimum atomic E-state index is -1.26. The molecule has 3 aliphatic rings. The van der Waals surface area contributed by atoms with Gasteiger partial charge in [0.1, 0.15) is 6.54 Å². The van der Waals surface area contributed by atoms with Gasteiger partial charge in [0, 0.05) is 30.6 Å². The number of rotatable bonds is 7. The Morgan fingerprint density at radius 2 is 2.00 bits per heavy atom. The molecule has 0 spiro atoms. The fourth-order valence-corrected chi connectivity index (χ4v) is 4.70. The number of anilines is 1. The molecule has 1 aromatic carbocycles. The summed E-state index contributed by atoms with van der Waals surface area (Å²) < 4.78 is 4.85. The number of benzene rings is 1. The van der Waals surface area contributed by atoms with Crippen LogP contribution >= 0.6 is 0 Å². The molecule has 3 amide bonds. The van der Waals surface area contributed by atoms with Crippen LogP contribution in [-0.2, 0) is 20.9 Å². The van der Waals surface area contributed by atoms with Crippen molar-refractivity contribution in [2.75, 3.05) is 25.0 Å². The number of hydrogen-bond donors (Lipinski definition) is 3. The summed E-state index contributed by atoms with van der Waals surface area (Å²) in [7, 11) is 0. The van der Waals surface area contributed by atoms with Crippen LogP contribution in [0.1, 0.15) is 54.9 Å². The Morgan fingerprint density at radius 1 is 1.23 bits per heavy atom. The van der Waals surface area contributed by atoms with E-state index in [0.717, 1.165) is 38.0 Å². The van der Waals surface area contributed by atoms with E-state index in [9.17, 15) is 19.6 Å². The maximum Gasteiger partial charge on any atom is 0.347 e. The topological polar surface area (TPSA) is 120 Å². The van der Waals surface area contributed by atoms with Crippen LogP contribution < -0.4 is 16.0 Å². The van der Waals surface area contributed by atoms with E-state index in [1.165, 1.54) is 0 Å². The summed E-state index contributed by atoms with van der Waals surface area (Å²) in [6.07, 6.45) is 3.40. The minimum Gasteiger partial charge on any atom is -0.624 e. The smallest absolute Gasteiger partial charge is 0.347 e. The van der Waals surface area contributed by atoms with Gasteiger partial charge in [0.05, 0.1) is 17.8 Å². The van der Waals surface area contributed by atoms with Gasteiger partial charge in [-0.1, -0.05) is 6.07 Å². The number of carbonyl (C=O) groups is 3. The lowest BCUT2D eigenvalue weighted by Crippen LogP contribution is -2.60. The van der Waals surface area contributed by atoms with E-state index in [2.05, 4.69) is 22.9 Å². The highest BCUT2D eigenvalue weighted by atomic mass is 16.6. The largest absolute Gasteiger partial charge is 0.624 e. The zero-order valence-corrected chi connectivity index (χ0v) is 17.8. The molecule has 4 rings (SSSR count). The first-order chi connectivity index (χ1) is 14.9. The minimum absolute atomic E-state index is 0.0718. The molecule has 0 aromatic heterocycles. The number of piperidine rings is 2. The third-order valence-corrected chi connectivity index (χ3v) is 6.43. The number of nitrogens with zero attached hydrogens (tertiary/aromatic N) is 1. The molecular weight excluding hydrogens is 400 g/mol. The number of amides is 3. The fourth-order valence-electron chi connectivity index (χ4n) is 4.70. The van der Waals surface area contributed by atoms with Gasteiger partial charge >= 0.3 is 5.91 Å². The van der Waals surface area contributed by atoms with Crippen molar-refractivity contribution in [3.63, 3.8) is 0 Å². The Kier molecular flexibility index (Phi) is 6.38. The van der Waals surface area contributed by atoms with Gasteiger partial charge in [-0.3, -0.25) is 19.6 Å². The van der Waals surface area contributed by atoms with Crippen LogP contribution in [0.2, 0.25) is 0 Å². The van der Waals surface area contributed by atoms with E-state index in [1.807, 2.05) is 6.07 Å². The van der Waals surface area contributed by atoms with Crippen molar-refractivity contribution in [1.82, 2.24) is 10.6 Å². The lowest BCUT2D eigenvalue weighted by molar-refractivity contribution is -0.825. The Morgan fingerprint density at radius 3 is 2.74 bits per heavy atom. The van der Waals surface area contributed by atoms with E-state index in [-0.39, 0.29) is 25.5 Å². The molecular formula is C22H30N4O5. The Labute approximate surface area is 181 Å². The Balaban J connectivity index is 1.39. The van der Waals surface area contributed by atoms with Crippen LogP contribution in [0.4, 0.5) is 5.69 Å². The highest BCUT2D eigenvalue weighted by molar-refractivity contribution is 6.02. The van der Waals surface area contributed by atoms with Crippen LogP contribution in [-0.4, -0.2) is 60.3 Å². The maximum atomic E-state index is 13.5. The van der Waals surface area contributed by atoms with Gasteiger partial charge in [-0.25, -0.2) is 4.79 Å². The van der Waals surface area contributed by atoms with Crippen molar-refractivity contribution in [1.29, 1.82) is 0 Å². The summed E-state index contributed by atoms with van der Waals surface area (Å²) >= 11 is 0. The summed E-state index contributed by atoms with van der Waals surface area (Å²) in [5.74, 6) is -1.68. The molecule has 0 saturated carbocycles. The van der Waals surface area contributed by atoms with Gasteiger partial charge in [0.15, 0.2) is 6.04 Å². The van der Waals surface area contributed by atoms with E-state index < -0.39 is 28.4 Å². The molecule has 3 heterocycles. The predicted octanol–water partition coefficient (Wildman–Crippen LogP) is 1.42. The van der Waals surface area contributed by atoms with E-state index in [4.69, 9.17) is 4.74 Å². The highest BCUT2D eigenvalue weighted by Crippen LogP contribution is 2.37. The zero-order chi connectivity index (χ0) is 22.0.